The molecule has 2 heterocycles. The molecule has 3 N–H and O–H groups in total. The zero-order chi connectivity index (χ0) is 14.3. The molecule has 0 atom stereocenters. The Hall–Kier alpha value is -2.41. The Kier molecular flexibility index (Phi) is 2.72. The van der Waals surface area contributed by atoms with Crippen LogP contribution in [0.3, 0.4) is 0 Å². The van der Waals surface area contributed by atoms with Crippen LogP contribution in [0.5, 0.6) is 0 Å². The second-order valence-corrected chi connectivity index (χ2v) is 6.51. The van der Waals surface area contributed by atoms with E-state index in [2.05, 4.69) is 15.0 Å². The molecule has 6 nitrogen and oxygen atoms in total. The normalized spacial score (nSPS) is 11.8. The first kappa shape index (κ1) is 12.6. The Morgan fingerprint density at radius 1 is 1.15 bits per heavy atom. The maximum Gasteiger partial charge on any atom is 0.180 e. The molecule has 0 radical (unpaired) electrons. The number of aromatic nitrogens is 3. The predicted octanol–water partition coefficient (Wildman–Crippen LogP) is 1.61. The van der Waals surface area contributed by atoms with Crippen molar-refractivity contribution in [2.45, 2.75) is 4.90 Å². The SMILES string of the molecule is CS(=O)(=O)c1cccc(-c2nc3nc(N)ccc3[nH]2)c1. The van der Waals surface area contributed by atoms with E-state index in [0.29, 0.717) is 22.9 Å². The highest BCUT2D eigenvalue weighted by atomic mass is 32.2. The molecular weight excluding hydrogens is 276 g/mol. The van der Waals surface area contributed by atoms with Gasteiger partial charge in [0, 0.05) is 11.8 Å². The number of nitrogens with one attached hydrogen (secondary N) is 1. The maximum atomic E-state index is 11.6. The van der Waals surface area contributed by atoms with E-state index < -0.39 is 9.84 Å². The number of aromatic amines is 1. The third-order valence-electron chi connectivity index (χ3n) is 2.90. The molecule has 20 heavy (non-hydrogen) atoms. The molecule has 0 aliphatic carbocycles. The van der Waals surface area contributed by atoms with Gasteiger partial charge in [0.25, 0.3) is 0 Å². The van der Waals surface area contributed by atoms with Gasteiger partial charge in [-0.25, -0.2) is 18.4 Å². The highest BCUT2D eigenvalue weighted by Gasteiger charge is 2.11. The van der Waals surface area contributed by atoms with Crippen molar-refractivity contribution >= 4 is 26.8 Å². The fraction of sp³-hybridized carbons (Fsp3) is 0.0769. The van der Waals surface area contributed by atoms with Crippen molar-refractivity contribution in [2.75, 3.05) is 12.0 Å². The molecule has 2 aromatic heterocycles. The van der Waals surface area contributed by atoms with Crippen molar-refractivity contribution in [3.8, 4) is 11.4 Å². The molecule has 102 valence electrons. The van der Waals surface area contributed by atoms with E-state index in [9.17, 15) is 8.42 Å². The Morgan fingerprint density at radius 2 is 1.95 bits per heavy atom. The first-order valence-corrected chi connectivity index (χ1v) is 7.75. The lowest BCUT2D eigenvalue weighted by Crippen LogP contribution is -1.97. The number of anilines is 1. The lowest BCUT2D eigenvalue weighted by molar-refractivity contribution is 0.602. The maximum absolute atomic E-state index is 11.6. The molecule has 0 saturated carbocycles. The van der Waals surface area contributed by atoms with Crippen LogP contribution in [0.1, 0.15) is 0 Å². The van der Waals surface area contributed by atoms with Crippen molar-refractivity contribution in [3.63, 3.8) is 0 Å². The lowest BCUT2D eigenvalue weighted by atomic mass is 10.2. The average Bonchev–Trinajstić information content (AvgIpc) is 2.81. The monoisotopic (exact) mass is 288 g/mol. The van der Waals surface area contributed by atoms with E-state index in [1.165, 1.54) is 6.26 Å². The lowest BCUT2D eigenvalue weighted by Gasteiger charge is -2.00. The predicted molar refractivity (Wildman–Crippen MR) is 76.8 cm³/mol. The molecule has 0 spiro atoms. The number of H-pyrrole nitrogens is 1. The summed E-state index contributed by atoms with van der Waals surface area (Å²) < 4.78 is 23.1. The highest BCUT2D eigenvalue weighted by Crippen LogP contribution is 2.22. The number of fused-ring (bicyclic) bond motifs is 1. The van der Waals surface area contributed by atoms with Crippen LogP contribution in [-0.2, 0) is 9.84 Å². The van der Waals surface area contributed by atoms with Crippen LogP contribution in [0.2, 0.25) is 0 Å². The van der Waals surface area contributed by atoms with E-state index in [4.69, 9.17) is 5.73 Å². The molecule has 1 aromatic carbocycles. The smallest absolute Gasteiger partial charge is 0.180 e. The van der Waals surface area contributed by atoms with E-state index in [1.54, 1.807) is 36.4 Å². The number of pyridine rings is 1. The minimum Gasteiger partial charge on any atom is -0.384 e. The summed E-state index contributed by atoms with van der Waals surface area (Å²) in [5.74, 6) is 0.948. The standard InChI is InChI=1S/C13H12N4O2S/c1-20(18,19)9-4-2-3-8(7-9)12-15-10-5-6-11(14)16-13(10)17-12/h2-7H,1H3,(H3,14,15,16,17). The van der Waals surface area contributed by atoms with Crippen LogP contribution < -0.4 is 5.73 Å². The molecule has 0 unspecified atom stereocenters. The van der Waals surface area contributed by atoms with Gasteiger partial charge in [0.15, 0.2) is 15.5 Å². The van der Waals surface area contributed by atoms with Crippen LogP contribution in [-0.4, -0.2) is 29.6 Å². The largest absolute Gasteiger partial charge is 0.384 e. The van der Waals surface area contributed by atoms with E-state index in [-0.39, 0.29) is 4.90 Å². The Bertz CT molecular complexity index is 900. The summed E-state index contributed by atoms with van der Waals surface area (Å²) in [5, 5.41) is 0. The Morgan fingerprint density at radius 3 is 2.70 bits per heavy atom. The summed E-state index contributed by atoms with van der Waals surface area (Å²) in [5.41, 5.74) is 7.55. The van der Waals surface area contributed by atoms with E-state index >= 15 is 0 Å². The van der Waals surface area contributed by atoms with Gasteiger partial charge in [-0.2, -0.15) is 0 Å². The highest BCUT2D eigenvalue weighted by molar-refractivity contribution is 7.90. The molecule has 0 aliphatic rings. The van der Waals surface area contributed by atoms with Crippen LogP contribution in [0.25, 0.3) is 22.6 Å². The summed E-state index contributed by atoms with van der Waals surface area (Å²) in [7, 11) is -3.25. The number of imidazole rings is 1. The van der Waals surface area contributed by atoms with Gasteiger partial charge in [-0.05, 0) is 24.3 Å². The molecule has 0 amide bonds. The molecular formula is C13H12N4O2S. The number of hydrogen-bond acceptors (Lipinski definition) is 5. The first-order valence-electron chi connectivity index (χ1n) is 5.86. The zero-order valence-electron chi connectivity index (χ0n) is 10.7. The number of nitrogens with two attached hydrogens (primary N) is 1. The number of benzene rings is 1. The second-order valence-electron chi connectivity index (χ2n) is 4.49. The van der Waals surface area contributed by atoms with Gasteiger partial charge in [0.1, 0.15) is 11.6 Å². The minimum atomic E-state index is -3.25. The number of rotatable bonds is 2. The number of hydrogen-bond donors (Lipinski definition) is 2. The summed E-state index contributed by atoms with van der Waals surface area (Å²) >= 11 is 0. The molecule has 7 heteroatoms. The van der Waals surface area contributed by atoms with Gasteiger partial charge in [0.05, 0.1) is 10.4 Å². The summed E-state index contributed by atoms with van der Waals surface area (Å²) in [6.45, 7) is 0. The molecule has 0 saturated heterocycles. The van der Waals surface area contributed by atoms with Crippen molar-refractivity contribution in [1.82, 2.24) is 15.0 Å². The van der Waals surface area contributed by atoms with E-state index in [0.717, 1.165) is 5.52 Å². The fourth-order valence-electron chi connectivity index (χ4n) is 1.92. The average molecular weight is 288 g/mol. The van der Waals surface area contributed by atoms with Gasteiger partial charge in [-0.3, -0.25) is 0 Å². The third-order valence-corrected chi connectivity index (χ3v) is 4.01. The summed E-state index contributed by atoms with van der Waals surface area (Å²) in [6, 6.07) is 10.1. The summed E-state index contributed by atoms with van der Waals surface area (Å²) in [6.07, 6.45) is 1.17. The van der Waals surface area contributed by atoms with Gasteiger partial charge >= 0.3 is 0 Å². The van der Waals surface area contributed by atoms with Crippen LogP contribution >= 0.6 is 0 Å². The Balaban J connectivity index is 2.16. The minimum absolute atomic E-state index is 0.253. The number of nitrogens with zero attached hydrogens (tertiary/aromatic N) is 2. The number of sulfone groups is 1. The van der Waals surface area contributed by atoms with Crippen molar-refractivity contribution in [1.29, 1.82) is 0 Å². The second kappa shape index (κ2) is 4.31. The van der Waals surface area contributed by atoms with Crippen LogP contribution in [0.4, 0.5) is 5.82 Å². The molecule has 0 aliphatic heterocycles. The third kappa shape index (κ3) is 2.23. The molecule has 0 bridgehead atoms. The Labute approximate surface area is 115 Å². The van der Waals surface area contributed by atoms with Gasteiger partial charge in [-0.1, -0.05) is 12.1 Å². The van der Waals surface area contributed by atoms with Crippen molar-refractivity contribution in [3.05, 3.63) is 36.4 Å². The van der Waals surface area contributed by atoms with Crippen LogP contribution in [0, 0.1) is 0 Å². The topological polar surface area (TPSA) is 102 Å². The summed E-state index contributed by atoms with van der Waals surface area (Å²) in [4.78, 5) is 11.8. The molecule has 3 aromatic rings. The van der Waals surface area contributed by atoms with Crippen LogP contribution in [0.15, 0.2) is 41.3 Å². The molecule has 0 fully saturated rings. The first-order chi connectivity index (χ1) is 9.43. The quantitative estimate of drug-likeness (QED) is 0.746. The number of nitrogen functional groups attached to an aromatic ring is 1. The van der Waals surface area contributed by atoms with Crippen molar-refractivity contribution < 1.29 is 8.42 Å². The molecule has 3 rings (SSSR count). The van der Waals surface area contributed by atoms with Crippen molar-refractivity contribution in [2.24, 2.45) is 0 Å². The van der Waals surface area contributed by atoms with Gasteiger partial charge in [0.2, 0.25) is 0 Å². The fourth-order valence-corrected chi connectivity index (χ4v) is 2.58. The van der Waals surface area contributed by atoms with E-state index in [1.807, 2.05) is 0 Å². The van der Waals surface area contributed by atoms with Gasteiger partial charge < -0.3 is 10.7 Å². The van der Waals surface area contributed by atoms with Gasteiger partial charge in [-0.15, -0.1) is 0 Å². The zero-order valence-corrected chi connectivity index (χ0v) is 11.5.